The van der Waals surface area contributed by atoms with Crippen molar-refractivity contribution in [3.8, 4) is 6.07 Å². The normalized spacial score (nSPS) is 17.0. The van der Waals surface area contributed by atoms with Gasteiger partial charge in [0.15, 0.2) is 11.5 Å². The minimum Gasteiger partial charge on any atom is -0.442 e. The summed E-state index contributed by atoms with van der Waals surface area (Å²) in [5.74, 6) is -0.335. The molecule has 2 aromatic rings. The number of hydrogen-bond acceptors (Lipinski definition) is 6. The van der Waals surface area contributed by atoms with Gasteiger partial charge in [0.25, 0.3) is 0 Å². The molecule has 1 aromatic carbocycles. The van der Waals surface area contributed by atoms with E-state index in [1.807, 2.05) is 13.8 Å². The second-order valence-electron chi connectivity index (χ2n) is 7.88. The van der Waals surface area contributed by atoms with Gasteiger partial charge in [-0.05, 0) is 52.3 Å². The Morgan fingerprint density at radius 2 is 2.07 bits per heavy atom. The zero-order chi connectivity index (χ0) is 21.5. The highest BCUT2D eigenvalue weighted by Crippen LogP contribution is 2.39. The van der Waals surface area contributed by atoms with Crippen molar-refractivity contribution < 1.29 is 9.53 Å². The molecule has 1 atom stereocenters. The zero-order valence-corrected chi connectivity index (χ0v) is 17.0. The second-order valence-corrected chi connectivity index (χ2v) is 7.88. The number of nitrogens with one attached hydrogen (secondary N) is 1. The topological polar surface area (TPSA) is 110 Å². The van der Waals surface area contributed by atoms with Crippen LogP contribution in [0.15, 0.2) is 40.9 Å². The molecule has 2 heterocycles. The van der Waals surface area contributed by atoms with Crippen molar-refractivity contribution in [1.82, 2.24) is 15.1 Å². The monoisotopic (exact) mass is 390 g/mol. The van der Waals surface area contributed by atoms with Crippen molar-refractivity contribution in [2.24, 2.45) is 0 Å². The van der Waals surface area contributed by atoms with E-state index in [-0.39, 0.29) is 5.82 Å². The van der Waals surface area contributed by atoms with Gasteiger partial charge in [0, 0.05) is 16.8 Å². The third-order valence-electron chi connectivity index (χ3n) is 4.60. The molecule has 0 aliphatic carbocycles. The highest BCUT2D eigenvalue weighted by atomic mass is 16.6. The Hall–Kier alpha value is -3.78. The van der Waals surface area contributed by atoms with Crippen LogP contribution in [-0.4, -0.2) is 21.5 Å². The predicted octanol–water partition coefficient (Wildman–Crippen LogP) is 4.04. The van der Waals surface area contributed by atoms with E-state index in [0.717, 1.165) is 10.2 Å². The molecule has 3 N–H and O–H groups in total. The van der Waals surface area contributed by atoms with Crippen LogP contribution in [0.3, 0.4) is 0 Å². The van der Waals surface area contributed by atoms with Gasteiger partial charge in [0.1, 0.15) is 5.60 Å². The van der Waals surface area contributed by atoms with Crippen LogP contribution in [0.1, 0.15) is 46.1 Å². The van der Waals surface area contributed by atoms with E-state index in [9.17, 15) is 10.1 Å². The summed E-state index contributed by atoms with van der Waals surface area (Å²) >= 11 is 0. The fraction of sp³-hybridized carbons (Fsp3) is 0.333. The number of allylic oxidation sites excluding steroid dienone is 3. The lowest BCUT2D eigenvalue weighted by atomic mass is 9.84. The summed E-state index contributed by atoms with van der Waals surface area (Å²) in [6.45, 7) is 16.5. The summed E-state index contributed by atoms with van der Waals surface area (Å²) < 4.78 is 6.52. The number of aromatic nitrogens is 2. The summed E-state index contributed by atoms with van der Waals surface area (Å²) in [7, 11) is 0. The van der Waals surface area contributed by atoms with E-state index in [1.165, 1.54) is 0 Å². The van der Waals surface area contributed by atoms with Gasteiger partial charge in [0.2, 0.25) is 0 Å². The molecule has 8 nitrogen and oxygen atoms in total. The number of ether oxygens (including phenoxy) is 1. The first-order chi connectivity index (χ1) is 13.6. The number of rotatable bonds is 1. The number of carbonyl (C=O) groups is 1. The lowest BCUT2D eigenvalue weighted by Gasteiger charge is -2.26. The van der Waals surface area contributed by atoms with Crippen LogP contribution in [0.2, 0.25) is 0 Å². The maximum Gasteiger partial charge on any atom is 0.435 e. The summed E-state index contributed by atoms with van der Waals surface area (Å²) in [4.78, 5) is 16.1. The van der Waals surface area contributed by atoms with Crippen molar-refractivity contribution in [2.75, 3.05) is 5.73 Å². The zero-order valence-electron chi connectivity index (χ0n) is 17.0. The van der Waals surface area contributed by atoms with Crippen LogP contribution < -0.4 is 11.1 Å². The molecule has 3 rings (SSSR count). The summed E-state index contributed by atoms with van der Waals surface area (Å²) in [6.07, 6.45) is -0.625. The standard InChI is InChI=1S/C21H22N6O2/c1-11-15(10-22)17(18(24-6)12(2)25-11)13-7-8-16-14(9-13)19(23)26-27(16)20(28)29-21(3,4)5/h7-9,17,25H,1-5H3,(H2,23,26). The molecule has 0 spiro atoms. The molecule has 0 radical (unpaired) electrons. The van der Waals surface area contributed by atoms with E-state index in [4.69, 9.17) is 17.0 Å². The number of benzene rings is 1. The van der Waals surface area contributed by atoms with E-state index >= 15 is 0 Å². The third-order valence-corrected chi connectivity index (χ3v) is 4.60. The molecular formula is C21H22N6O2. The Morgan fingerprint density at radius 3 is 2.66 bits per heavy atom. The molecule has 1 aliphatic heterocycles. The lowest BCUT2D eigenvalue weighted by molar-refractivity contribution is 0.0523. The first-order valence-corrected chi connectivity index (χ1v) is 9.05. The highest BCUT2D eigenvalue weighted by Gasteiger charge is 2.31. The Kier molecular flexibility index (Phi) is 4.81. The minimum absolute atomic E-state index is 0.172. The van der Waals surface area contributed by atoms with Gasteiger partial charge in [-0.2, -0.15) is 9.94 Å². The molecule has 1 aliphatic rings. The van der Waals surface area contributed by atoms with Gasteiger partial charge in [-0.1, -0.05) is 6.07 Å². The number of nitrogens with two attached hydrogens (primary N) is 1. The fourth-order valence-electron chi connectivity index (χ4n) is 3.39. The number of carbonyl (C=O) groups excluding carboxylic acids is 1. The van der Waals surface area contributed by atoms with Gasteiger partial charge in [0.05, 0.1) is 29.6 Å². The van der Waals surface area contributed by atoms with Crippen molar-refractivity contribution in [1.29, 1.82) is 5.26 Å². The first-order valence-electron chi connectivity index (χ1n) is 9.05. The van der Waals surface area contributed by atoms with E-state index in [0.29, 0.717) is 33.6 Å². The molecular weight excluding hydrogens is 368 g/mol. The summed E-state index contributed by atoms with van der Waals surface area (Å²) in [6, 6.07) is 7.48. The van der Waals surface area contributed by atoms with Crippen molar-refractivity contribution in [3.05, 3.63) is 57.8 Å². The molecule has 0 amide bonds. The fourth-order valence-corrected chi connectivity index (χ4v) is 3.39. The van der Waals surface area contributed by atoms with Crippen LogP contribution in [0, 0.1) is 17.9 Å². The molecule has 0 fully saturated rings. The Balaban J connectivity index is 2.15. The largest absolute Gasteiger partial charge is 0.442 e. The predicted molar refractivity (Wildman–Crippen MR) is 109 cm³/mol. The van der Waals surface area contributed by atoms with Crippen LogP contribution in [0.4, 0.5) is 10.6 Å². The van der Waals surface area contributed by atoms with Crippen LogP contribution >= 0.6 is 0 Å². The van der Waals surface area contributed by atoms with Gasteiger partial charge in [-0.15, -0.1) is 5.10 Å². The second kappa shape index (κ2) is 6.99. The van der Waals surface area contributed by atoms with Crippen molar-refractivity contribution in [3.63, 3.8) is 0 Å². The smallest absolute Gasteiger partial charge is 0.435 e. The first kappa shape index (κ1) is 20.0. The number of hydrogen-bond donors (Lipinski definition) is 2. The highest BCUT2D eigenvalue weighted by molar-refractivity contribution is 5.95. The summed E-state index contributed by atoms with van der Waals surface area (Å²) in [5.41, 5.74) is 8.96. The average molecular weight is 390 g/mol. The number of nitrogens with zero attached hydrogens (tertiary/aromatic N) is 4. The molecule has 1 aromatic heterocycles. The van der Waals surface area contributed by atoms with E-state index in [1.54, 1.807) is 39.0 Å². The molecule has 148 valence electrons. The van der Waals surface area contributed by atoms with Crippen molar-refractivity contribution >= 4 is 22.8 Å². The number of nitrogen functional groups attached to an aromatic ring is 1. The molecule has 29 heavy (non-hydrogen) atoms. The van der Waals surface area contributed by atoms with Gasteiger partial charge in [-0.25, -0.2) is 9.64 Å². The van der Waals surface area contributed by atoms with Gasteiger partial charge < -0.3 is 15.8 Å². The molecule has 0 bridgehead atoms. The number of fused-ring (bicyclic) bond motifs is 1. The maximum atomic E-state index is 12.5. The van der Waals surface area contributed by atoms with Gasteiger partial charge >= 0.3 is 6.09 Å². The third kappa shape index (κ3) is 3.53. The van der Waals surface area contributed by atoms with E-state index in [2.05, 4.69) is 21.3 Å². The van der Waals surface area contributed by atoms with Gasteiger partial charge in [-0.3, -0.25) is 0 Å². The van der Waals surface area contributed by atoms with Crippen LogP contribution in [0.25, 0.3) is 15.7 Å². The molecule has 1 unspecified atom stereocenters. The Bertz CT molecular complexity index is 1130. The number of nitriles is 1. The van der Waals surface area contributed by atoms with Crippen LogP contribution in [0.5, 0.6) is 0 Å². The summed E-state index contributed by atoms with van der Waals surface area (Å²) in [5, 5.41) is 17.4. The van der Waals surface area contributed by atoms with Crippen molar-refractivity contribution in [2.45, 2.75) is 46.1 Å². The molecule has 8 heteroatoms. The quantitative estimate of drug-likeness (QED) is 0.711. The SMILES string of the molecule is [C-]#[N+]C1=C(C)NC(C)=C(C#N)C1c1ccc2c(c1)c(N)nn2C(=O)OC(C)(C)C. The number of dihydropyridines is 1. The average Bonchev–Trinajstić information content (AvgIpc) is 2.96. The molecule has 0 saturated heterocycles. The molecule has 0 saturated carbocycles. The number of anilines is 1. The minimum atomic E-state index is -0.671. The maximum absolute atomic E-state index is 12.5. The lowest BCUT2D eigenvalue weighted by Crippen LogP contribution is -2.27. The Morgan fingerprint density at radius 1 is 1.38 bits per heavy atom. The van der Waals surface area contributed by atoms with E-state index < -0.39 is 17.6 Å². The Labute approximate surface area is 169 Å². The van der Waals surface area contributed by atoms with Crippen LogP contribution in [-0.2, 0) is 4.74 Å².